The molecule has 0 unspecified atom stereocenters. The summed E-state index contributed by atoms with van der Waals surface area (Å²) in [6.07, 6.45) is 0.269. The van der Waals surface area contributed by atoms with E-state index in [0.717, 1.165) is 5.56 Å². The number of carbonyl (C=O) groups is 1. The van der Waals surface area contributed by atoms with Crippen molar-refractivity contribution in [2.24, 2.45) is 5.73 Å². The van der Waals surface area contributed by atoms with Crippen molar-refractivity contribution >= 4 is 5.78 Å². The maximum absolute atomic E-state index is 12.5. The Kier molecular flexibility index (Phi) is 4.93. The molecule has 4 heteroatoms. The molecule has 0 aliphatic heterocycles. The molecule has 0 amide bonds. The highest BCUT2D eigenvalue weighted by atomic mass is 19.1. The Labute approximate surface area is 88.0 Å². The predicted octanol–water partition coefficient (Wildman–Crippen LogP) is 0.913. The van der Waals surface area contributed by atoms with E-state index in [0.29, 0.717) is 13.2 Å². The molecule has 1 aromatic carbocycles. The van der Waals surface area contributed by atoms with Gasteiger partial charge in [-0.3, -0.25) is 4.79 Å². The molecule has 1 rings (SSSR count). The average molecular weight is 211 g/mol. The highest BCUT2D eigenvalue weighted by molar-refractivity contribution is 5.82. The Balaban J connectivity index is 2.34. The van der Waals surface area contributed by atoms with Crippen LogP contribution in [0.2, 0.25) is 0 Å². The maximum atomic E-state index is 12.5. The number of nitrogens with two attached hydrogens (primary N) is 1. The summed E-state index contributed by atoms with van der Waals surface area (Å²) in [4.78, 5) is 11.3. The minimum absolute atomic E-state index is 0.0324. The minimum atomic E-state index is -0.300. The number of benzene rings is 1. The number of hydrogen-bond acceptors (Lipinski definition) is 3. The summed E-state index contributed by atoms with van der Waals surface area (Å²) in [5, 5.41) is 0. The van der Waals surface area contributed by atoms with E-state index in [1.165, 1.54) is 12.1 Å². The van der Waals surface area contributed by atoms with Crippen molar-refractivity contribution in [2.45, 2.75) is 6.42 Å². The van der Waals surface area contributed by atoms with E-state index in [2.05, 4.69) is 0 Å². The lowest BCUT2D eigenvalue weighted by molar-refractivity contribution is -0.122. The Bertz CT molecular complexity index is 311. The fourth-order valence-corrected chi connectivity index (χ4v) is 1.15. The molecule has 3 nitrogen and oxygen atoms in total. The summed E-state index contributed by atoms with van der Waals surface area (Å²) >= 11 is 0. The lowest BCUT2D eigenvalue weighted by atomic mass is 10.1. The molecule has 2 N–H and O–H groups in total. The molecule has 0 aliphatic carbocycles. The SMILES string of the molecule is NCCOCC(=O)Cc1ccc(F)cc1. The van der Waals surface area contributed by atoms with Crippen molar-refractivity contribution in [1.29, 1.82) is 0 Å². The van der Waals surface area contributed by atoms with Gasteiger partial charge in [-0.2, -0.15) is 0 Å². The van der Waals surface area contributed by atoms with E-state index in [1.54, 1.807) is 12.1 Å². The van der Waals surface area contributed by atoms with Crippen LogP contribution in [0.5, 0.6) is 0 Å². The van der Waals surface area contributed by atoms with Crippen LogP contribution >= 0.6 is 0 Å². The number of ether oxygens (including phenoxy) is 1. The quantitative estimate of drug-likeness (QED) is 0.712. The van der Waals surface area contributed by atoms with Crippen LogP contribution in [0.25, 0.3) is 0 Å². The van der Waals surface area contributed by atoms with Gasteiger partial charge in [-0.1, -0.05) is 12.1 Å². The monoisotopic (exact) mass is 211 g/mol. The summed E-state index contributed by atoms with van der Waals surface area (Å²) < 4.78 is 17.5. The number of ketones is 1. The number of rotatable bonds is 6. The fraction of sp³-hybridized carbons (Fsp3) is 0.364. The number of halogens is 1. The first kappa shape index (κ1) is 11.8. The zero-order chi connectivity index (χ0) is 11.1. The van der Waals surface area contributed by atoms with Crippen LogP contribution < -0.4 is 5.73 Å². The normalized spacial score (nSPS) is 10.3. The third kappa shape index (κ3) is 4.67. The Hall–Kier alpha value is -1.26. The second-order valence-corrected chi connectivity index (χ2v) is 3.18. The van der Waals surface area contributed by atoms with Crippen LogP contribution in [0.3, 0.4) is 0 Å². The highest BCUT2D eigenvalue weighted by Crippen LogP contribution is 2.03. The van der Waals surface area contributed by atoms with Crippen LogP contribution in [0, 0.1) is 5.82 Å². The van der Waals surface area contributed by atoms with Gasteiger partial charge in [0.05, 0.1) is 6.61 Å². The van der Waals surface area contributed by atoms with Crippen LogP contribution in [-0.2, 0) is 16.0 Å². The Morgan fingerprint density at radius 1 is 1.33 bits per heavy atom. The molecule has 0 atom stereocenters. The highest BCUT2D eigenvalue weighted by Gasteiger charge is 2.03. The van der Waals surface area contributed by atoms with Crippen LogP contribution in [0.15, 0.2) is 24.3 Å². The van der Waals surface area contributed by atoms with Gasteiger partial charge in [0.2, 0.25) is 0 Å². The van der Waals surface area contributed by atoms with Crippen molar-refractivity contribution < 1.29 is 13.9 Å². The zero-order valence-electron chi connectivity index (χ0n) is 8.41. The van der Waals surface area contributed by atoms with Gasteiger partial charge in [0.25, 0.3) is 0 Å². The summed E-state index contributed by atoms with van der Waals surface area (Å²) in [6.45, 7) is 0.855. The van der Waals surface area contributed by atoms with Crippen molar-refractivity contribution in [1.82, 2.24) is 0 Å². The van der Waals surface area contributed by atoms with Gasteiger partial charge in [0, 0.05) is 13.0 Å². The molecule has 0 bridgehead atoms. The molecule has 0 radical (unpaired) electrons. The van der Waals surface area contributed by atoms with Crippen LogP contribution in [0.4, 0.5) is 4.39 Å². The van der Waals surface area contributed by atoms with Gasteiger partial charge >= 0.3 is 0 Å². The van der Waals surface area contributed by atoms with Gasteiger partial charge < -0.3 is 10.5 Å². The number of hydrogen-bond donors (Lipinski definition) is 1. The minimum Gasteiger partial charge on any atom is -0.372 e. The van der Waals surface area contributed by atoms with Gasteiger partial charge in [0.1, 0.15) is 12.4 Å². The van der Waals surface area contributed by atoms with Crippen molar-refractivity contribution in [3.63, 3.8) is 0 Å². The van der Waals surface area contributed by atoms with Crippen LogP contribution in [0.1, 0.15) is 5.56 Å². The molecule has 0 aromatic heterocycles. The van der Waals surface area contributed by atoms with E-state index in [4.69, 9.17) is 10.5 Å². The first-order valence-corrected chi connectivity index (χ1v) is 4.76. The molecular weight excluding hydrogens is 197 g/mol. The summed E-state index contributed by atoms with van der Waals surface area (Å²) in [5.74, 6) is -0.333. The van der Waals surface area contributed by atoms with Crippen molar-refractivity contribution in [3.05, 3.63) is 35.6 Å². The largest absolute Gasteiger partial charge is 0.372 e. The Morgan fingerprint density at radius 3 is 2.60 bits per heavy atom. The summed E-state index contributed by atoms with van der Waals surface area (Å²) in [6, 6.07) is 5.86. The first-order valence-electron chi connectivity index (χ1n) is 4.76. The third-order valence-corrected chi connectivity index (χ3v) is 1.84. The second kappa shape index (κ2) is 6.27. The molecule has 15 heavy (non-hydrogen) atoms. The lowest BCUT2D eigenvalue weighted by Gasteiger charge is -2.02. The number of carbonyl (C=O) groups excluding carboxylic acids is 1. The second-order valence-electron chi connectivity index (χ2n) is 3.18. The van der Waals surface area contributed by atoms with E-state index in [9.17, 15) is 9.18 Å². The number of Topliss-reactive ketones (excluding diaryl/α,β-unsaturated/α-hetero) is 1. The topological polar surface area (TPSA) is 52.3 Å². The molecule has 0 aliphatic rings. The van der Waals surface area contributed by atoms with Gasteiger partial charge in [-0.05, 0) is 17.7 Å². The van der Waals surface area contributed by atoms with Crippen LogP contribution in [-0.4, -0.2) is 25.5 Å². The molecule has 0 spiro atoms. The Morgan fingerprint density at radius 2 is 2.00 bits per heavy atom. The average Bonchev–Trinajstić information content (AvgIpc) is 2.22. The van der Waals surface area contributed by atoms with Gasteiger partial charge in [-0.25, -0.2) is 4.39 Å². The summed E-state index contributed by atoms with van der Waals surface area (Å²) in [7, 11) is 0. The fourth-order valence-electron chi connectivity index (χ4n) is 1.15. The van der Waals surface area contributed by atoms with Crippen molar-refractivity contribution in [3.8, 4) is 0 Å². The molecule has 0 heterocycles. The van der Waals surface area contributed by atoms with E-state index in [1.807, 2.05) is 0 Å². The first-order chi connectivity index (χ1) is 7.22. The standard InChI is InChI=1S/C11H14FNO2/c12-10-3-1-9(2-4-10)7-11(14)8-15-6-5-13/h1-4H,5-8,13H2. The van der Waals surface area contributed by atoms with E-state index < -0.39 is 0 Å². The molecule has 0 saturated carbocycles. The van der Waals surface area contributed by atoms with Crippen molar-refractivity contribution in [2.75, 3.05) is 19.8 Å². The molecule has 0 fully saturated rings. The van der Waals surface area contributed by atoms with Gasteiger partial charge in [-0.15, -0.1) is 0 Å². The summed E-state index contributed by atoms with van der Waals surface area (Å²) in [5.41, 5.74) is 6.00. The molecule has 82 valence electrons. The third-order valence-electron chi connectivity index (χ3n) is 1.84. The maximum Gasteiger partial charge on any atom is 0.162 e. The van der Waals surface area contributed by atoms with E-state index in [-0.39, 0.29) is 24.6 Å². The van der Waals surface area contributed by atoms with Gasteiger partial charge in [0.15, 0.2) is 5.78 Å². The lowest BCUT2D eigenvalue weighted by Crippen LogP contribution is -2.16. The molecule has 0 saturated heterocycles. The zero-order valence-corrected chi connectivity index (χ0v) is 8.41. The van der Waals surface area contributed by atoms with E-state index >= 15 is 0 Å². The molecule has 1 aromatic rings. The smallest absolute Gasteiger partial charge is 0.162 e. The predicted molar refractivity (Wildman–Crippen MR) is 55.0 cm³/mol. The molecular formula is C11H14FNO2.